The summed E-state index contributed by atoms with van der Waals surface area (Å²) < 4.78 is 50.7. The minimum Gasteiger partial charge on any atom is -0.494 e. The maximum Gasteiger partial charge on any atom is 0.328 e. The molecule has 1 N–H and O–H groups in total. The molecule has 12 heteroatoms. The van der Waals surface area contributed by atoms with E-state index in [-0.39, 0.29) is 29.6 Å². The van der Waals surface area contributed by atoms with E-state index in [2.05, 4.69) is 5.32 Å². The fraction of sp³-hybridized carbons (Fsp3) is 0.333. The number of amides is 1. The van der Waals surface area contributed by atoms with Crippen LogP contribution in [0.3, 0.4) is 0 Å². The molecule has 0 saturated carbocycles. The Balaban J connectivity index is 1.51. The summed E-state index contributed by atoms with van der Waals surface area (Å²) in [6, 6.07) is 15.1. The largest absolute Gasteiger partial charge is 0.494 e. The van der Waals surface area contributed by atoms with Gasteiger partial charge in [0.05, 0.1) is 35.7 Å². The lowest BCUT2D eigenvalue weighted by atomic mass is 9.89. The maximum atomic E-state index is 14.4. The second kappa shape index (κ2) is 10.8. The molecular formula is C30H32N4O7S. The summed E-state index contributed by atoms with van der Waals surface area (Å²) in [5.41, 5.74) is 3.32. The number of nitrogens with zero attached hydrogens (tertiary/aromatic N) is 3. The van der Waals surface area contributed by atoms with E-state index >= 15 is 0 Å². The predicted octanol–water partition coefficient (Wildman–Crippen LogP) is 2.50. The molecule has 42 heavy (non-hydrogen) atoms. The average Bonchev–Trinajstić information content (AvgIpc) is 3.21. The number of methoxy groups -OCH3 is 1. The number of benzene rings is 3. The highest BCUT2D eigenvalue weighted by Crippen LogP contribution is 2.44. The van der Waals surface area contributed by atoms with E-state index in [1.165, 1.54) is 20.5 Å². The van der Waals surface area contributed by atoms with E-state index in [1.807, 2.05) is 30.3 Å². The Hall–Kier alpha value is -4.29. The van der Waals surface area contributed by atoms with Crippen LogP contribution in [0.5, 0.6) is 17.2 Å². The van der Waals surface area contributed by atoms with E-state index in [9.17, 15) is 18.0 Å². The summed E-state index contributed by atoms with van der Waals surface area (Å²) >= 11 is 0. The first-order valence-corrected chi connectivity index (χ1v) is 15.1. The van der Waals surface area contributed by atoms with Crippen molar-refractivity contribution in [1.29, 1.82) is 0 Å². The van der Waals surface area contributed by atoms with E-state index in [0.29, 0.717) is 54.3 Å². The fourth-order valence-electron chi connectivity index (χ4n) is 5.72. The number of ether oxygens (including phenoxy) is 3. The van der Waals surface area contributed by atoms with Crippen LogP contribution in [-0.4, -0.2) is 61.2 Å². The number of carbonyl (C=O) groups excluding carboxylic acids is 1. The summed E-state index contributed by atoms with van der Waals surface area (Å²) in [5, 5.41) is 2.82. The Morgan fingerprint density at radius 3 is 2.60 bits per heavy atom. The highest BCUT2D eigenvalue weighted by atomic mass is 32.2. The van der Waals surface area contributed by atoms with Gasteiger partial charge in [0, 0.05) is 27.2 Å². The van der Waals surface area contributed by atoms with Crippen molar-refractivity contribution >= 4 is 27.0 Å². The van der Waals surface area contributed by atoms with E-state index in [4.69, 9.17) is 14.2 Å². The number of hydrogen-bond donors (Lipinski definition) is 1. The minimum absolute atomic E-state index is 0.0946. The Morgan fingerprint density at radius 2 is 1.79 bits per heavy atom. The van der Waals surface area contributed by atoms with Gasteiger partial charge in [0.25, 0.3) is 5.91 Å². The SMILES string of the molecule is COc1cc2c3cc1OCC(=O)NCCCOc1cccc(c1)C2N(S(=O)(=O)c1ccc2c(c1)n(C)c(=O)n2C)CC3. The van der Waals surface area contributed by atoms with Crippen LogP contribution >= 0.6 is 0 Å². The van der Waals surface area contributed by atoms with Crippen LogP contribution in [0, 0.1) is 0 Å². The quantitative estimate of drug-likeness (QED) is 0.388. The molecule has 4 heterocycles. The molecule has 0 saturated heterocycles. The topological polar surface area (TPSA) is 121 Å². The lowest BCUT2D eigenvalue weighted by molar-refractivity contribution is -0.123. The van der Waals surface area contributed by atoms with Crippen molar-refractivity contribution in [2.75, 3.05) is 33.4 Å². The number of sulfonamides is 1. The molecule has 1 amide bonds. The van der Waals surface area contributed by atoms with Crippen LogP contribution in [0.4, 0.5) is 0 Å². The Kier molecular flexibility index (Phi) is 7.19. The molecule has 3 aliphatic heterocycles. The molecule has 1 unspecified atom stereocenters. The van der Waals surface area contributed by atoms with Crippen LogP contribution in [0.1, 0.15) is 29.2 Å². The molecule has 0 aliphatic carbocycles. The van der Waals surface area contributed by atoms with Gasteiger partial charge in [-0.1, -0.05) is 12.1 Å². The van der Waals surface area contributed by atoms with Crippen LogP contribution < -0.4 is 25.2 Å². The van der Waals surface area contributed by atoms with Crippen molar-refractivity contribution in [3.63, 3.8) is 0 Å². The molecule has 0 fully saturated rings. The van der Waals surface area contributed by atoms with E-state index in [0.717, 1.165) is 16.7 Å². The second-order valence-electron chi connectivity index (χ2n) is 10.4. The highest BCUT2D eigenvalue weighted by Gasteiger charge is 2.39. The summed E-state index contributed by atoms with van der Waals surface area (Å²) in [5.74, 6) is 1.15. The van der Waals surface area contributed by atoms with Crippen molar-refractivity contribution in [2.45, 2.75) is 23.8 Å². The lowest BCUT2D eigenvalue weighted by Crippen LogP contribution is -2.40. The van der Waals surface area contributed by atoms with Gasteiger partial charge in [-0.2, -0.15) is 4.31 Å². The van der Waals surface area contributed by atoms with Gasteiger partial charge in [-0.25, -0.2) is 13.2 Å². The molecule has 6 bridgehead atoms. The third kappa shape index (κ3) is 4.80. The summed E-state index contributed by atoms with van der Waals surface area (Å²) in [7, 11) is 0.749. The number of hydrogen-bond acceptors (Lipinski definition) is 7. The maximum absolute atomic E-state index is 14.4. The molecule has 7 rings (SSSR count). The third-order valence-electron chi connectivity index (χ3n) is 7.90. The zero-order valence-corrected chi connectivity index (χ0v) is 24.4. The monoisotopic (exact) mass is 592 g/mol. The third-order valence-corrected chi connectivity index (χ3v) is 9.76. The number of imidazole rings is 1. The van der Waals surface area contributed by atoms with Gasteiger partial charge in [0.1, 0.15) is 5.75 Å². The molecule has 1 atom stereocenters. The average molecular weight is 593 g/mol. The van der Waals surface area contributed by atoms with Crippen LogP contribution in [0.2, 0.25) is 0 Å². The van der Waals surface area contributed by atoms with E-state index in [1.54, 1.807) is 38.4 Å². The van der Waals surface area contributed by atoms with Crippen molar-refractivity contribution in [3.05, 3.63) is 81.8 Å². The van der Waals surface area contributed by atoms with Gasteiger partial charge in [-0.15, -0.1) is 0 Å². The van der Waals surface area contributed by atoms with Crippen molar-refractivity contribution in [2.24, 2.45) is 14.1 Å². The van der Waals surface area contributed by atoms with Gasteiger partial charge in [0.2, 0.25) is 10.0 Å². The number of carbonyl (C=O) groups is 1. The lowest BCUT2D eigenvalue weighted by Gasteiger charge is -2.37. The molecular weight excluding hydrogens is 560 g/mol. The molecule has 3 aliphatic rings. The zero-order valence-electron chi connectivity index (χ0n) is 23.6. The Labute approximate surface area is 243 Å². The molecule has 1 aromatic heterocycles. The van der Waals surface area contributed by atoms with Crippen LogP contribution in [-0.2, 0) is 35.3 Å². The molecule has 4 aromatic rings. The highest BCUT2D eigenvalue weighted by molar-refractivity contribution is 7.89. The van der Waals surface area contributed by atoms with Gasteiger partial charge >= 0.3 is 5.69 Å². The zero-order chi connectivity index (χ0) is 29.6. The first-order chi connectivity index (χ1) is 20.2. The predicted molar refractivity (Wildman–Crippen MR) is 156 cm³/mol. The van der Waals surface area contributed by atoms with Gasteiger partial charge in [-0.05, 0) is 72.0 Å². The van der Waals surface area contributed by atoms with Gasteiger partial charge in [0.15, 0.2) is 18.1 Å². The molecule has 11 nitrogen and oxygen atoms in total. The number of aryl methyl sites for hydroxylation is 2. The normalized spacial score (nSPS) is 17.9. The first-order valence-electron chi connectivity index (χ1n) is 13.7. The minimum atomic E-state index is -4.04. The standard InChI is InChI=1S/C30H32N4O7S/c1-32-24-9-8-22(16-25(24)33(2)30(32)36)42(37,38)34-12-10-19-15-27-26(39-3)17-23(19)29(34)20-6-4-7-21(14-20)40-13-5-11-31-28(35)18-41-27/h4,6-9,14-17,29H,5,10-13,18H2,1-3H3,(H,31,35). The summed E-state index contributed by atoms with van der Waals surface area (Å²) in [4.78, 5) is 25.0. The Morgan fingerprint density at radius 1 is 0.976 bits per heavy atom. The molecule has 0 radical (unpaired) electrons. The van der Waals surface area contributed by atoms with Gasteiger partial charge in [-0.3, -0.25) is 13.9 Å². The molecule has 220 valence electrons. The summed E-state index contributed by atoms with van der Waals surface area (Å²) in [6.45, 7) is 0.821. The molecule has 0 spiro atoms. The second-order valence-corrected chi connectivity index (χ2v) is 12.3. The van der Waals surface area contributed by atoms with Crippen LogP contribution in [0.15, 0.2) is 64.3 Å². The number of nitrogens with one attached hydrogen (secondary N) is 1. The number of aromatic nitrogens is 2. The summed E-state index contributed by atoms with van der Waals surface area (Å²) in [6.07, 6.45) is 1.01. The smallest absolute Gasteiger partial charge is 0.328 e. The fourth-order valence-corrected chi connectivity index (χ4v) is 7.34. The number of fused-ring (bicyclic) bond motifs is 9. The number of rotatable bonds is 3. The van der Waals surface area contributed by atoms with Gasteiger partial charge < -0.3 is 19.5 Å². The van der Waals surface area contributed by atoms with E-state index < -0.39 is 16.1 Å². The first kappa shape index (κ1) is 27.9. The van der Waals surface area contributed by atoms with Crippen molar-refractivity contribution in [3.8, 4) is 17.2 Å². The van der Waals surface area contributed by atoms with Crippen LogP contribution in [0.25, 0.3) is 11.0 Å². The molecule has 3 aromatic carbocycles. The van der Waals surface area contributed by atoms with Crippen molar-refractivity contribution in [1.82, 2.24) is 18.8 Å². The Bertz CT molecular complexity index is 1860. The van der Waals surface area contributed by atoms with Crippen molar-refractivity contribution < 1.29 is 27.4 Å².